The van der Waals surface area contributed by atoms with Crippen molar-refractivity contribution >= 4 is 5.91 Å². The molecule has 0 saturated heterocycles. The zero-order valence-corrected chi connectivity index (χ0v) is 14.7. The first-order valence-electron chi connectivity index (χ1n) is 8.31. The molecule has 0 bridgehead atoms. The van der Waals surface area contributed by atoms with E-state index in [9.17, 15) is 13.6 Å². The molecule has 3 heterocycles. The van der Waals surface area contributed by atoms with Gasteiger partial charge in [0.2, 0.25) is 0 Å². The number of carbonyl (C=O) groups excluding carboxylic acids is 1. The first-order valence-corrected chi connectivity index (χ1v) is 8.31. The van der Waals surface area contributed by atoms with Crippen molar-refractivity contribution in [1.82, 2.24) is 24.6 Å². The van der Waals surface area contributed by atoms with Crippen LogP contribution in [0, 0.1) is 11.6 Å². The molecule has 140 valence electrons. The number of benzene rings is 1. The van der Waals surface area contributed by atoms with Crippen LogP contribution in [0.15, 0.2) is 30.9 Å². The quantitative estimate of drug-likeness (QED) is 0.764. The molecule has 1 aliphatic heterocycles. The molecule has 27 heavy (non-hydrogen) atoms. The molecule has 1 amide bonds. The van der Waals surface area contributed by atoms with Crippen LogP contribution in [0.2, 0.25) is 0 Å². The number of nitrogens with one attached hydrogen (secondary N) is 1. The summed E-state index contributed by atoms with van der Waals surface area (Å²) < 4.78 is 34.6. The largest absolute Gasteiger partial charge is 0.491 e. The first kappa shape index (κ1) is 17.2. The number of nitrogens with zero attached hydrogens (tertiary/aromatic N) is 4. The minimum atomic E-state index is -1.00. The summed E-state index contributed by atoms with van der Waals surface area (Å²) in [5.41, 5.74) is 2.28. The van der Waals surface area contributed by atoms with Gasteiger partial charge in [-0.05, 0) is 12.1 Å². The number of hydrogen-bond donors (Lipinski definition) is 1. The van der Waals surface area contributed by atoms with Gasteiger partial charge in [-0.15, -0.1) is 0 Å². The Bertz CT molecular complexity index is 1010. The van der Waals surface area contributed by atoms with Gasteiger partial charge in [-0.2, -0.15) is 5.10 Å². The number of fused-ring (bicyclic) bond motifs is 1. The highest BCUT2D eigenvalue weighted by Crippen LogP contribution is 2.33. The highest BCUT2D eigenvalue weighted by molar-refractivity contribution is 5.95. The molecule has 1 aliphatic rings. The summed E-state index contributed by atoms with van der Waals surface area (Å²) in [6.45, 7) is 0.561. The zero-order valence-electron chi connectivity index (χ0n) is 14.7. The van der Waals surface area contributed by atoms with Gasteiger partial charge in [0, 0.05) is 31.3 Å². The number of H-pyrrole nitrogens is 1. The molecule has 0 aliphatic carbocycles. The van der Waals surface area contributed by atoms with Gasteiger partial charge in [0.15, 0.2) is 17.4 Å². The van der Waals surface area contributed by atoms with Crippen LogP contribution in [0.4, 0.5) is 8.78 Å². The topological polar surface area (TPSA) is 76.0 Å². The summed E-state index contributed by atoms with van der Waals surface area (Å²) in [7, 11) is 2.97. The number of rotatable bonds is 3. The average molecular weight is 373 g/mol. The second-order valence-corrected chi connectivity index (χ2v) is 6.39. The molecule has 0 radical (unpaired) electrons. The fraction of sp³-hybridized carbons (Fsp3) is 0.278. The van der Waals surface area contributed by atoms with E-state index in [1.54, 1.807) is 24.3 Å². The van der Waals surface area contributed by atoms with E-state index in [0.717, 1.165) is 36.2 Å². The standard InChI is InChI=1S/C18H17F2N5O2/c1-24-6-10(5-23-24)12-7-25(8-14-16(12)22-9-21-14)18(26)11-3-4-13(19)17(27-2)15(11)20/h3-6,9,12H,7-8H2,1-2H3,(H,21,22). The van der Waals surface area contributed by atoms with E-state index in [1.807, 2.05) is 6.20 Å². The molecular weight excluding hydrogens is 356 g/mol. The summed E-state index contributed by atoms with van der Waals surface area (Å²) >= 11 is 0. The molecule has 0 saturated carbocycles. The van der Waals surface area contributed by atoms with E-state index < -0.39 is 23.3 Å². The van der Waals surface area contributed by atoms with Crippen LogP contribution in [0.1, 0.15) is 33.2 Å². The van der Waals surface area contributed by atoms with Crippen LogP contribution in [0.3, 0.4) is 0 Å². The Morgan fingerprint density at radius 1 is 1.37 bits per heavy atom. The van der Waals surface area contributed by atoms with Crippen LogP contribution in [-0.4, -0.2) is 44.2 Å². The number of methoxy groups -OCH3 is 1. The number of aryl methyl sites for hydroxylation is 1. The number of imidazole rings is 1. The maximum Gasteiger partial charge on any atom is 0.257 e. The Hall–Kier alpha value is -3.23. The predicted molar refractivity (Wildman–Crippen MR) is 91.3 cm³/mol. The van der Waals surface area contributed by atoms with Crippen molar-refractivity contribution in [2.24, 2.45) is 7.05 Å². The lowest BCUT2D eigenvalue weighted by Crippen LogP contribution is -2.39. The third-order valence-corrected chi connectivity index (χ3v) is 4.73. The molecule has 1 unspecified atom stereocenters. The summed E-state index contributed by atoms with van der Waals surface area (Å²) in [5, 5.41) is 4.18. The highest BCUT2D eigenvalue weighted by Gasteiger charge is 2.34. The zero-order chi connectivity index (χ0) is 19.1. The Morgan fingerprint density at radius 2 is 2.19 bits per heavy atom. The van der Waals surface area contributed by atoms with Crippen molar-refractivity contribution in [3.8, 4) is 5.75 Å². The molecule has 0 fully saturated rings. The maximum absolute atomic E-state index is 14.6. The molecule has 4 rings (SSSR count). The van der Waals surface area contributed by atoms with Gasteiger partial charge >= 0.3 is 0 Å². The smallest absolute Gasteiger partial charge is 0.257 e. The molecule has 0 spiro atoms. The number of hydrogen-bond acceptors (Lipinski definition) is 4. The lowest BCUT2D eigenvalue weighted by molar-refractivity contribution is 0.0716. The van der Waals surface area contributed by atoms with Crippen molar-refractivity contribution in [2.75, 3.05) is 13.7 Å². The molecule has 7 nitrogen and oxygen atoms in total. The minimum Gasteiger partial charge on any atom is -0.491 e. The number of ether oxygens (including phenoxy) is 1. The van der Waals surface area contributed by atoms with E-state index in [1.165, 1.54) is 4.90 Å². The van der Waals surface area contributed by atoms with Gasteiger partial charge in [0.1, 0.15) is 0 Å². The number of amides is 1. The highest BCUT2D eigenvalue weighted by atomic mass is 19.1. The molecule has 2 aromatic heterocycles. The Kier molecular flexibility index (Phi) is 4.14. The lowest BCUT2D eigenvalue weighted by atomic mass is 9.92. The molecular formula is C18H17F2N5O2. The molecule has 1 N–H and O–H groups in total. The van der Waals surface area contributed by atoms with Crippen LogP contribution < -0.4 is 4.74 Å². The van der Waals surface area contributed by atoms with Gasteiger partial charge in [0.05, 0.1) is 43.1 Å². The third-order valence-electron chi connectivity index (χ3n) is 4.73. The molecule has 1 aromatic carbocycles. The summed E-state index contributed by atoms with van der Waals surface area (Å²) in [6, 6.07) is 2.16. The summed E-state index contributed by atoms with van der Waals surface area (Å²) in [5.74, 6) is -3.16. The second kappa shape index (κ2) is 6.49. The van der Waals surface area contributed by atoms with Gasteiger partial charge in [0.25, 0.3) is 5.91 Å². The second-order valence-electron chi connectivity index (χ2n) is 6.39. The number of carbonyl (C=O) groups is 1. The fourth-order valence-electron chi connectivity index (χ4n) is 3.41. The van der Waals surface area contributed by atoms with Crippen molar-refractivity contribution in [1.29, 1.82) is 0 Å². The van der Waals surface area contributed by atoms with Crippen molar-refractivity contribution in [2.45, 2.75) is 12.5 Å². The van der Waals surface area contributed by atoms with Crippen LogP contribution >= 0.6 is 0 Å². The van der Waals surface area contributed by atoms with E-state index >= 15 is 0 Å². The molecule has 9 heteroatoms. The van der Waals surface area contributed by atoms with Gasteiger partial charge in [-0.25, -0.2) is 13.8 Å². The fourth-order valence-corrected chi connectivity index (χ4v) is 3.41. The summed E-state index contributed by atoms with van der Waals surface area (Å²) in [6.07, 6.45) is 5.15. The van der Waals surface area contributed by atoms with E-state index in [2.05, 4.69) is 15.1 Å². The SMILES string of the molecule is COc1c(F)ccc(C(=O)N2Cc3[nH]cnc3C(c3cnn(C)c3)C2)c1F. The Morgan fingerprint density at radius 3 is 2.89 bits per heavy atom. The molecule has 1 atom stereocenters. The van der Waals surface area contributed by atoms with E-state index in [0.29, 0.717) is 6.54 Å². The Labute approximate surface area is 153 Å². The maximum atomic E-state index is 14.6. The Balaban J connectivity index is 1.70. The summed E-state index contributed by atoms with van der Waals surface area (Å²) in [4.78, 5) is 21.9. The monoisotopic (exact) mass is 373 g/mol. The van der Waals surface area contributed by atoms with E-state index in [4.69, 9.17) is 4.74 Å². The predicted octanol–water partition coefficient (Wildman–Crippen LogP) is 2.22. The van der Waals surface area contributed by atoms with Crippen LogP contribution in [0.25, 0.3) is 0 Å². The first-order chi connectivity index (χ1) is 13.0. The lowest BCUT2D eigenvalue weighted by Gasteiger charge is -2.32. The van der Waals surface area contributed by atoms with Crippen LogP contribution in [-0.2, 0) is 13.6 Å². The third kappa shape index (κ3) is 2.84. The van der Waals surface area contributed by atoms with Crippen molar-refractivity contribution < 1.29 is 18.3 Å². The molecule has 3 aromatic rings. The number of halogens is 2. The average Bonchev–Trinajstić information content (AvgIpc) is 3.29. The minimum absolute atomic E-state index is 0.192. The van der Waals surface area contributed by atoms with E-state index in [-0.39, 0.29) is 18.0 Å². The normalized spacial score (nSPS) is 16.3. The van der Waals surface area contributed by atoms with Gasteiger partial charge < -0.3 is 14.6 Å². The van der Waals surface area contributed by atoms with Crippen LogP contribution in [0.5, 0.6) is 5.75 Å². The van der Waals surface area contributed by atoms with Gasteiger partial charge in [-0.1, -0.05) is 0 Å². The number of aromatic nitrogens is 4. The van der Waals surface area contributed by atoms with Crippen molar-refractivity contribution in [3.63, 3.8) is 0 Å². The number of aromatic amines is 1. The van der Waals surface area contributed by atoms with Crippen molar-refractivity contribution in [3.05, 3.63) is 65.0 Å². The van der Waals surface area contributed by atoms with Gasteiger partial charge in [-0.3, -0.25) is 9.48 Å².